The Labute approximate surface area is 119 Å². The second kappa shape index (κ2) is 5.02. The average Bonchev–Trinajstić information content (AvgIpc) is 2.51. The largest absolute Gasteiger partial charge is 0.369 e. The number of rotatable bonds is 3. The summed E-state index contributed by atoms with van der Waals surface area (Å²) in [5.74, 6) is 6.04. The second-order valence-corrected chi connectivity index (χ2v) is 6.72. The quantitative estimate of drug-likeness (QED) is 0.509. The Morgan fingerprint density at radius 3 is 2.53 bits per heavy atom. The summed E-state index contributed by atoms with van der Waals surface area (Å²) in [6.45, 7) is 8.45. The molecule has 0 saturated carbocycles. The van der Waals surface area contributed by atoms with Crippen molar-refractivity contribution in [3.05, 3.63) is 29.0 Å². The molecule has 2 unspecified atom stereocenters. The Hall–Kier alpha value is -0.680. The molecule has 1 aliphatic rings. The van der Waals surface area contributed by atoms with Gasteiger partial charge in [-0.15, -0.1) is 0 Å². The van der Waals surface area contributed by atoms with Gasteiger partial charge in [0.15, 0.2) is 0 Å². The predicted octanol–water partition coefficient (Wildman–Crippen LogP) is 2.83. The average molecular weight is 284 g/mol. The Morgan fingerprint density at radius 1 is 1.42 bits per heavy atom. The lowest BCUT2D eigenvalue weighted by Crippen LogP contribution is -2.41. The first kappa shape index (κ1) is 14.7. The zero-order valence-corrected chi connectivity index (χ0v) is 12.7. The van der Waals surface area contributed by atoms with Crippen molar-refractivity contribution in [2.45, 2.75) is 51.4 Å². The van der Waals surface area contributed by atoms with Crippen LogP contribution in [-0.2, 0) is 4.74 Å². The van der Waals surface area contributed by atoms with Gasteiger partial charge in [-0.1, -0.05) is 17.7 Å². The van der Waals surface area contributed by atoms with E-state index in [1.807, 2.05) is 6.07 Å². The molecule has 1 fully saturated rings. The third-order valence-corrected chi connectivity index (χ3v) is 4.06. The number of hydrazine groups is 1. The van der Waals surface area contributed by atoms with E-state index >= 15 is 0 Å². The zero-order valence-electron chi connectivity index (χ0n) is 11.9. The van der Waals surface area contributed by atoms with Gasteiger partial charge in [-0.3, -0.25) is 11.3 Å². The van der Waals surface area contributed by atoms with Crippen molar-refractivity contribution in [3.63, 3.8) is 0 Å². The minimum atomic E-state index is -0.236. The lowest BCUT2D eigenvalue weighted by Gasteiger charge is -2.32. The van der Waals surface area contributed by atoms with Crippen molar-refractivity contribution >= 4 is 11.6 Å². The molecule has 2 atom stereocenters. The molecule has 19 heavy (non-hydrogen) atoms. The lowest BCUT2D eigenvalue weighted by molar-refractivity contribution is -0.0779. The van der Waals surface area contributed by atoms with Gasteiger partial charge in [-0.25, -0.2) is 4.98 Å². The fourth-order valence-electron chi connectivity index (χ4n) is 3.14. The van der Waals surface area contributed by atoms with E-state index < -0.39 is 0 Å². The van der Waals surface area contributed by atoms with Crippen molar-refractivity contribution < 1.29 is 4.74 Å². The molecule has 4 nitrogen and oxygen atoms in total. The fraction of sp³-hybridized carbons (Fsp3) is 0.643. The molecular formula is C14H22ClN3O. The second-order valence-electron chi connectivity index (χ2n) is 6.33. The van der Waals surface area contributed by atoms with Gasteiger partial charge in [0.25, 0.3) is 0 Å². The number of nitrogens with zero attached hydrogens (tertiary/aromatic N) is 1. The van der Waals surface area contributed by atoms with Crippen molar-refractivity contribution in [3.8, 4) is 0 Å². The van der Waals surface area contributed by atoms with Crippen LogP contribution in [0.25, 0.3) is 0 Å². The first-order chi connectivity index (χ1) is 8.75. The number of nitrogens with two attached hydrogens (primary N) is 1. The number of ether oxygens (including phenoxy) is 1. The predicted molar refractivity (Wildman–Crippen MR) is 76.7 cm³/mol. The summed E-state index contributed by atoms with van der Waals surface area (Å²) in [4.78, 5) is 4.13. The summed E-state index contributed by atoms with van der Waals surface area (Å²) >= 11 is 5.83. The maximum absolute atomic E-state index is 6.13. The summed E-state index contributed by atoms with van der Waals surface area (Å²) in [7, 11) is 0. The number of aromatic nitrogens is 1. The van der Waals surface area contributed by atoms with E-state index in [0.29, 0.717) is 5.15 Å². The van der Waals surface area contributed by atoms with Crippen LogP contribution in [0.3, 0.4) is 0 Å². The standard InChI is InChI=1S/C14H22ClN3O/c1-13(2)7-10(14(3,4)19-13)12(18-16)9-5-6-11(15)17-8-9/h5-6,8,10,12,18H,7,16H2,1-4H3. The van der Waals surface area contributed by atoms with Crippen LogP contribution in [0.1, 0.15) is 45.7 Å². The van der Waals surface area contributed by atoms with E-state index in [-0.39, 0.29) is 23.2 Å². The van der Waals surface area contributed by atoms with Crippen LogP contribution in [-0.4, -0.2) is 16.2 Å². The molecule has 1 aromatic rings. The molecule has 0 aliphatic carbocycles. The highest BCUT2D eigenvalue weighted by Gasteiger charge is 2.49. The number of hydrogen-bond acceptors (Lipinski definition) is 4. The number of halogens is 1. The third-order valence-electron chi connectivity index (χ3n) is 3.84. The molecule has 0 amide bonds. The minimum Gasteiger partial charge on any atom is -0.369 e. The summed E-state index contributed by atoms with van der Waals surface area (Å²) in [6, 6.07) is 3.75. The fourth-order valence-corrected chi connectivity index (χ4v) is 3.25. The van der Waals surface area contributed by atoms with Gasteiger partial charge in [0.1, 0.15) is 5.15 Å². The maximum Gasteiger partial charge on any atom is 0.129 e. The summed E-state index contributed by atoms with van der Waals surface area (Å²) in [6.07, 6.45) is 2.71. The Morgan fingerprint density at radius 2 is 2.11 bits per heavy atom. The lowest BCUT2D eigenvalue weighted by atomic mass is 9.79. The maximum atomic E-state index is 6.13. The van der Waals surface area contributed by atoms with E-state index in [4.69, 9.17) is 22.2 Å². The number of hydrogen-bond donors (Lipinski definition) is 2. The van der Waals surface area contributed by atoms with Crippen LogP contribution < -0.4 is 11.3 Å². The smallest absolute Gasteiger partial charge is 0.129 e. The zero-order chi connectivity index (χ0) is 14.3. The van der Waals surface area contributed by atoms with Gasteiger partial charge in [0.2, 0.25) is 0 Å². The molecule has 0 bridgehead atoms. The SMILES string of the molecule is CC1(C)CC(C(NN)c2ccc(Cl)nc2)C(C)(C)O1. The van der Waals surface area contributed by atoms with Gasteiger partial charge in [0, 0.05) is 12.1 Å². The molecule has 0 aromatic carbocycles. The van der Waals surface area contributed by atoms with Gasteiger partial charge in [-0.2, -0.15) is 0 Å². The minimum absolute atomic E-state index is 0.00143. The number of pyridine rings is 1. The normalized spacial score (nSPS) is 26.3. The van der Waals surface area contributed by atoms with Crippen LogP contribution >= 0.6 is 11.6 Å². The molecule has 0 radical (unpaired) electrons. The highest BCUT2D eigenvalue weighted by atomic mass is 35.5. The summed E-state index contributed by atoms with van der Waals surface area (Å²) in [5, 5.41) is 0.488. The summed E-state index contributed by atoms with van der Waals surface area (Å²) < 4.78 is 6.13. The molecule has 1 aliphatic heterocycles. The van der Waals surface area contributed by atoms with Gasteiger partial charge in [-0.05, 0) is 45.7 Å². The molecule has 1 saturated heterocycles. The van der Waals surface area contributed by atoms with Gasteiger partial charge in [0.05, 0.1) is 17.2 Å². The molecule has 5 heteroatoms. The van der Waals surface area contributed by atoms with Crippen LogP contribution in [0.5, 0.6) is 0 Å². The Kier molecular flexibility index (Phi) is 3.89. The third kappa shape index (κ3) is 3.08. The van der Waals surface area contributed by atoms with E-state index in [1.165, 1.54) is 0 Å². The topological polar surface area (TPSA) is 60.2 Å². The van der Waals surface area contributed by atoms with Crippen LogP contribution in [0.15, 0.2) is 18.3 Å². The van der Waals surface area contributed by atoms with E-state index in [9.17, 15) is 0 Å². The van der Waals surface area contributed by atoms with Crippen molar-refractivity contribution in [1.82, 2.24) is 10.4 Å². The molecule has 2 rings (SSSR count). The summed E-state index contributed by atoms with van der Waals surface area (Å²) in [5.41, 5.74) is 3.57. The highest BCUT2D eigenvalue weighted by Crippen LogP contribution is 2.47. The van der Waals surface area contributed by atoms with Crippen molar-refractivity contribution in [2.75, 3.05) is 0 Å². The van der Waals surface area contributed by atoms with E-state index in [2.05, 4.69) is 38.1 Å². The van der Waals surface area contributed by atoms with Gasteiger partial charge >= 0.3 is 0 Å². The first-order valence-electron chi connectivity index (χ1n) is 6.53. The van der Waals surface area contributed by atoms with Crippen LogP contribution in [0.4, 0.5) is 0 Å². The first-order valence-corrected chi connectivity index (χ1v) is 6.91. The van der Waals surface area contributed by atoms with Crippen LogP contribution in [0.2, 0.25) is 5.15 Å². The van der Waals surface area contributed by atoms with Crippen molar-refractivity contribution in [1.29, 1.82) is 0 Å². The Bertz CT molecular complexity index is 445. The molecule has 0 spiro atoms. The van der Waals surface area contributed by atoms with E-state index in [0.717, 1.165) is 12.0 Å². The van der Waals surface area contributed by atoms with Crippen molar-refractivity contribution in [2.24, 2.45) is 11.8 Å². The molecular weight excluding hydrogens is 262 g/mol. The van der Waals surface area contributed by atoms with Crippen LogP contribution in [0, 0.1) is 5.92 Å². The molecule has 1 aromatic heterocycles. The highest BCUT2D eigenvalue weighted by molar-refractivity contribution is 6.29. The molecule has 2 heterocycles. The monoisotopic (exact) mass is 283 g/mol. The Balaban J connectivity index is 2.29. The molecule has 3 N–H and O–H groups in total. The number of nitrogens with one attached hydrogen (secondary N) is 1. The van der Waals surface area contributed by atoms with Gasteiger partial charge < -0.3 is 4.74 Å². The molecule has 106 valence electrons. The van der Waals surface area contributed by atoms with E-state index in [1.54, 1.807) is 12.3 Å².